The number of carbonyl (C=O) groups is 2. The number of amides is 2. The number of hydrogen-bond acceptors (Lipinski definition) is 4. The summed E-state index contributed by atoms with van der Waals surface area (Å²) in [6.07, 6.45) is -0.715. The molecular formula is C10H12N2O4. The number of hydroxylamine groups is 1. The highest BCUT2D eigenvalue weighted by Gasteiger charge is 2.04. The van der Waals surface area contributed by atoms with E-state index in [9.17, 15) is 9.59 Å². The van der Waals surface area contributed by atoms with Gasteiger partial charge in [-0.1, -0.05) is 30.3 Å². The van der Waals surface area contributed by atoms with Gasteiger partial charge in [-0.25, -0.2) is 10.3 Å². The van der Waals surface area contributed by atoms with Gasteiger partial charge in [0, 0.05) is 0 Å². The van der Waals surface area contributed by atoms with Gasteiger partial charge in [0.2, 0.25) is 0 Å². The zero-order chi connectivity index (χ0) is 11.8. The van der Waals surface area contributed by atoms with E-state index in [1.165, 1.54) is 5.48 Å². The zero-order valence-corrected chi connectivity index (χ0v) is 8.47. The van der Waals surface area contributed by atoms with Crippen molar-refractivity contribution in [2.75, 3.05) is 6.54 Å². The van der Waals surface area contributed by atoms with Crippen LogP contribution in [0.2, 0.25) is 0 Å². The summed E-state index contributed by atoms with van der Waals surface area (Å²) in [6.45, 7) is -0.197. The Morgan fingerprint density at radius 1 is 1.25 bits per heavy atom. The third-order valence-corrected chi connectivity index (χ3v) is 1.73. The number of ether oxygens (including phenoxy) is 1. The normalized spacial score (nSPS) is 9.31. The van der Waals surface area contributed by atoms with Crippen LogP contribution < -0.4 is 10.8 Å². The fourth-order valence-corrected chi connectivity index (χ4v) is 0.966. The first-order chi connectivity index (χ1) is 7.72. The monoisotopic (exact) mass is 224 g/mol. The molecule has 0 aromatic heterocycles. The molecule has 0 aliphatic rings. The molecule has 0 aliphatic carbocycles. The van der Waals surface area contributed by atoms with Crippen molar-refractivity contribution in [2.24, 2.45) is 0 Å². The smallest absolute Gasteiger partial charge is 0.407 e. The van der Waals surface area contributed by atoms with Crippen LogP contribution in [0.1, 0.15) is 5.56 Å². The lowest BCUT2D eigenvalue weighted by molar-refractivity contribution is -0.128. The van der Waals surface area contributed by atoms with E-state index < -0.39 is 12.0 Å². The predicted octanol–water partition coefficient (Wildman–Crippen LogP) is 0.418. The van der Waals surface area contributed by atoms with E-state index in [2.05, 4.69) is 5.32 Å². The van der Waals surface area contributed by atoms with Crippen LogP contribution in [0.25, 0.3) is 0 Å². The molecule has 1 aromatic rings. The molecule has 6 heteroatoms. The molecule has 0 heterocycles. The summed E-state index contributed by atoms with van der Waals surface area (Å²) < 4.78 is 4.81. The average Bonchev–Trinajstić information content (AvgIpc) is 2.34. The molecule has 2 amide bonds. The molecule has 0 spiro atoms. The SMILES string of the molecule is O=C(CNC(=O)OCc1ccccc1)NO. The first-order valence-electron chi connectivity index (χ1n) is 4.60. The lowest BCUT2D eigenvalue weighted by Gasteiger charge is -2.05. The molecule has 0 saturated carbocycles. The Bertz CT molecular complexity index is 353. The number of hydrogen-bond donors (Lipinski definition) is 3. The maximum absolute atomic E-state index is 11.0. The fraction of sp³-hybridized carbons (Fsp3) is 0.200. The van der Waals surface area contributed by atoms with Crippen molar-refractivity contribution in [1.29, 1.82) is 0 Å². The molecule has 86 valence electrons. The van der Waals surface area contributed by atoms with Gasteiger partial charge in [-0.2, -0.15) is 0 Å². The molecule has 16 heavy (non-hydrogen) atoms. The zero-order valence-electron chi connectivity index (χ0n) is 8.47. The molecule has 0 saturated heterocycles. The Labute approximate surface area is 92.2 Å². The minimum Gasteiger partial charge on any atom is -0.445 e. The van der Waals surface area contributed by atoms with Gasteiger partial charge in [0.25, 0.3) is 5.91 Å². The van der Waals surface area contributed by atoms with Gasteiger partial charge in [0.15, 0.2) is 0 Å². The van der Waals surface area contributed by atoms with Crippen molar-refractivity contribution in [3.63, 3.8) is 0 Å². The molecule has 0 radical (unpaired) electrons. The summed E-state index contributed by atoms with van der Waals surface area (Å²) in [5.41, 5.74) is 2.24. The second kappa shape index (κ2) is 6.41. The number of alkyl carbamates (subject to hydrolysis) is 1. The highest BCUT2D eigenvalue weighted by atomic mass is 16.5. The van der Waals surface area contributed by atoms with E-state index in [1.54, 1.807) is 0 Å². The van der Waals surface area contributed by atoms with E-state index in [0.717, 1.165) is 5.56 Å². The molecule has 0 aliphatic heterocycles. The largest absolute Gasteiger partial charge is 0.445 e. The lowest BCUT2D eigenvalue weighted by atomic mass is 10.2. The van der Waals surface area contributed by atoms with Gasteiger partial charge in [0.05, 0.1) is 0 Å². The van der Waals surface area contributed by atoms with Crippen molar-refractivity contribution < 1.29 is 19.5 Å². The first kappa shape index (κ1) is 12.0. The highest BCUT2D eigenvalue weighted by molar-refractivity contribution is 5.81. The van der Waals surface area contributed by atoms with E-state index in [1.807, 2.05) is 30.3 Å². The van der Waals surface area contributed by atoms with Crippen molar-refractivity contribution >= 4 is 12.0 Å². The Morgan fingerprint density at radius 2 is 1.94 bits per heavy atom. The van der Waals surface area contributed by atoms with Crippen LogP contribution >= 0.6 is 0 Å². The van der Waals surface area contributed by atoms with E-state index in [4.69, 9.17) is 9.94 Å². The second-order valence-corrected chi connectivity index (χ2v) is 2.95. The molecule has 6 nitrogen and oxygen atoms in total. The topological polar surface area (TPSA) is 87.7 Å². The number of nitrogens with one attached hydrogen (secondary N) is 2. The maximum atomic E-state index is 11.0. The van der Waals surface area contributed by atoms with Crippen molar-refractivity contribution in [1.82, 2.24) is 10.8 Å². The van der Waals surface area contributed by atoms with Gasteiger partial charge in [-0.05, 0) is 5.56 Å². The minimum atomic E-state index is -0.715. The molecule has 0 bridgehead atoms. The standard InChI is InChI=1S/C10H12N2O4/c13-9(12-15)6-11-10(14)16-7-8-4-2-1-3-5-8/h1-5,15H,6-7H2,(H,11,14)(H,12,13). The van der Waals surface area contributed by atoms with Crippen LogP contribution in [0.5, 0.6) is 0 Å². The summed E-state index contributed by atoms with van der Waals surface area (Å²) in [4.78, 5) is 21.6. The molecule has 0 atom stereocenters. The van der Waals surface area contributed by atoms with E-state index in [0.29, 0.717) is 0 Å². The van der Waals surface area contributed by atoms with Gasteiger partial charge in [0.1, 0.15) is 13.2 Å². The van der Waals surface area contributed by atoms with Crippen molar-refractivity contribution in [3.8, 4) is 0 Å². The Morgan fingerprint density at radius 3 is 2.56 bits per heavy atom. The van der Waals surface area contributed by atoms with E-state index in [-0.39, 0.29) is 13.2 Å². The third kappa shape index (κ3) is 4.43. The molecule has 0 fully saturated rings. The van der Waals surface area contributed by atoms with Crippen LogP contribution in [0.3, 0.4) is 0 Å². The number of rotatable bonds is 4. The van der Waals surface area contributed by atoms with Crippen LogP contribution in [0, 0.1) is 0 Å². The Kier molecular flexibility index (Phi) is 4.81. The molecule has 3 N–H and O–H groups in total. The number of carbonyl (C=O) groups excluding carboxylic acids is 2. The van der Waals surface area contributed by atoms with Crippen molar-refractivity contribution in [3.05, 3.63) is 35.9 Å². The van der Waals surface area contributed by atoms with E-state index >= 15 is 0 Å². The summed E-state index contributed by atoms with van der Waals surface area (Å²) in [7, 11) is 0. The Hall–Kier alpha value is -2.08. The predicted molar refractivity (Wildman–Crippen MR) is 54.6 cm³/mol. The molecule has 0 unspecified atom stereocenters. The van der Waals surface area contributed by atoms with Crippen LogP contribution in [0.4, 0.5) is 4.79 Å². The van der Waals surface area contributed by atoms with Gasteiger partial charge < -0.3 is 10.1 Å². The maximum Gasteiger partial charge on any atom is 0.407 e. The second-order valence-electron chi connectivity index (χ2n) is 2.95. The Balaban J connectivity index is 2.23. The molecule has 1 aromatic carbocycles. The molecule has 1 rings (SSSR count). The summed E-state index contributed by atoms with van der Waals surface area (Å²) >= 11 is 0. The lowest BCUT2D eigenvalue weighted by Crippen LogP contribution is -2.35. The van der Waals surface area contributed by atoms with Gasteiger partial charge in [-0.3, -0.25) is 10.0 Å². The van der Waals surface area contributed by atoms with Gasteiger partial charge in [-0.15, -0.1) is 0 Å². The van der Waals surface area contributed by atoms with Crippen LogP contribution in [-0.2, 0) is 16.1 Å². The third-order valence-electron chi connectivity index (χ3n) is 1.73. The van der Waals surface area contributed by atoms with Crippen LogP contribution in [0.15, 0.2) is 30.3 Å². The highest BCUT2D eigenvalue weighted by Crippen LogP contribution is 2.00. The molecular weight excluding hydrogens is 212 g/mol. The van der Waals surface area contributed by atoms with Crippen LogP contribution in [-0.4, -0.2) is 23.8 Å². The van der Waals surface area contributed by atoms with Crippen molar-refractivity contribution in [2.45, 2.75) is 6.61 Å². The minimum absolute atomic E-state index is 0.132. The first-order valence-corrected chi connectivity index (χ1v) is 4.60. The average molecular weight is 224 g/mol. The summed E-state index contributed by atoms with van der Waals surface area (Å²) in [6, 6.07) is 9.14. The number of benzene rings is 1. The summed E-state index contributed by atoms with van der Waals surface area (Å²) in [5, 5.41) is 10.3. The summed E-state index contributed by atoms with van der Waals surface area (Å²) in [5.74, 6) is -0.711. The fourth-order valence-electron chi connectivity index (χ4n) is 0.966. The quantitative estimate of drug-likeness (QED) is 0.511. The van der Waals surface area contributed by atoms with Gasteiger partial charge >= 0.3 is 6.09 Å².